The molecule has 9 aromatic rings. The quantitative estimate of drug-likeness (QED) is 0.202. The summed E-state index contributed by atoms with van der Waals surface area (Å²) in [5, 5.41) is 23.6. The third-order valence-electron chi connectivity index (χ3n) is 8.62. The van der Waals surface area contributed by atoms with Crippen LogP contribution in [0.3, 0.4) is 0 Å². The fourth-order valence-electron chi connectivity index (χ4n) is 6.67. The van der Waals surface area contributed by atoms with Gasteiger partial charge in [-0.25, -0.2) is 0 Å². The zero-order valence-corrected chi connectivity index (χ0v) is 22.0. The molecule has 0 unspecified atom stereocenters. The van der Waals surface area contributed by atoms with Gasteiger partial charge >= 0.3 is 0 Å². The van der Waals surface area contributed by atoms with Crippen LogP contribution in [0.2, 0.25) is 0 Å². The van der Waals surface area contributed by atoms with E-state index in [4.69, 9.17) is 4.42 Å². The van der Waals surface area contributed by atoms with Crippen LogP contribution < -0.4 is 0 Å². The van der Waals surface area contributed by atoms with Crippen molar-refractivity contribution in [1.29, 1.82) is 5.26 Å². The summed E-state index contributed by atoms with van der Waals surface area (Å²) in [5.41, 5.74) is 4.84. The van der Waals surface area contributed by atoms with Gasteiger partial charge in [-0.2, -0.15) is 5.26 Å². The summed E-state index contributed by atoms with van der Waals surface area (Å²) in [6.45, 7) is 0. The van der Waals surface area contributed by atoms with E-state index in [1.165, 1.54) is 54.0 Å². The van der Waals surface area contributed by atoms with E-state index in [0.717, 1.165) is 32.9 Å². The maximum absolute atomic E-state index is 9.27. The first-order valence-corrected chi connectivity index (χ1v) is 13.8. The number of nitrogens with zero attached hydrogens (tertiary/aromatic N) is 1. The van der Waals surface area contributed by atoms with Gasteiger partial charge in [0.15, 0.2) is 0 Å². The molecule has 2 nitrogen and oxygen atoms in total. The molecule has 0 N–H and O–H groups in total. The lowest BCUT2D eigenvalue weighted by Crippen LogP contribution is -1.86. The van der Waals surface area contributed by atoms with Gasteiger partial charge in [-0.3, -0.25) is 0 Å². The fourth-order valence-corrected chi connectivity index (χ4v) is 6.67. The maximum atomic E-state index is 9.27. The Morgan fingerprint density at radius 1 is 0.415 bits per heavy atom. The summed E-state index contributed by atoms with van der Waals surface area (Å²) in [4.78, 5) is 0. The number of furan rings is 1. The van der Waals surface area contributed by atoms with Gasteiger partial charge in [-0.1, -0.05) is 84.9 Å². The number of nitriles is 1. The molecule has 0 saturated carbocycles. The van der Waals surface area contributed by atoms with E-state index in [-0.39, 0.29) is 0 Å². The van der Waals surface area contributed by atoms with Gasteiger partial charge in [0.25, 0.3) is 0 Å². The molecule has 1 aromatic heterocycles. The van der Waals surface area contributed by atoms with E-state index < -0.39 is 0 Å². The van der Waals surface area contributed by atoms with Crippen molar-refractivity contribution in [1.82, 2.24) is 0 Å². The van der Waals surface area contributed by atoms with Crippen molar-refractivity contribution >= 4 is 75.8 Å². The predicted octanol–water partition coefficient (Wildman–Crippen LogP) is 10.9. The highest BCUT2D eigenvalue weighted by Crippen LogP contribution is 2.42. The van der Waals surface area contributed by atoms with Crippen molar-refractivity contribution in [2.24, 2.45) is 0 Å². The first kappa shape index (κ1) is 22.2. The van der Waals surface area contributed by atoms with Crippen LogP contribution in [0.1, 0.15) is 5.56 Å². The average Bonchev–Trinajstić information content (AvgIpc) is 3.41. The van der Waals surface area contributed by atoms with E-state index >= 15 is 0 Å². The Labute approximate surface area is 235 Å². The van der Waals surface area contributed by atoms with Crippen molar-refractivity contribution < 1.29 is 4.42 Å². The van der Waals surface area contributed by atoms with Gasteiger partial charge < -0.3 is 4.42 Å². The summed E-state index contributed by atoms with van der Waals surface area (Å²) < 4.78 is 6.46. The van der Waals surface area contributed by atoms with Gasteiger partial charge in [0.2, 0.25) is 0 Å². The minimum absolute atomic E-state index is 0.682. The van der Waals surface area contributed by atoms with E-state index in [1.54, 1.807) is 0 Å². The van der Waals surface area contributed by atoms with Crippen molar-refractivity contribution in [2.45, 2.75) is 0 Å². The Bertz CT molecular complexity index is 2600. The summed E-state index contributed by atoms with van der Waals surface area (Å²) >= 11 is 0. The van der Waals surface area contributed by atoms with Crippen LogP contribution in [0.5, 0.6) is 0 Å². The standard InChI is InChI=1S/C39H21NO/c40-22-23-9-10-26-18-27(12-11-25(26)17-23)28-13-15-32-33(19-28)30-7-3-4-8-31(30)34-20-36-38(21-35(32)34)41-37-16-14-24-5-1-2-6-29(24)39(36)37/h1-21H. The van der Waals surface area contributed by atoms with Crippen LogP contribution in [-0.4, -0.2) is 0 Å². The van der Waals surface area contributed by atoms with Gasteiger partial charge in [-0.15, -0.1) is 0 Å². The molecule has 9 rings (SSSR count). The third kappa shape index (κ3) is 3.18. The van der Waals surface area contributed by atoms with Crippen molar-refractivity contribution in [2.75, 3.05) is 0 Å². The highest BCUT2D eigenvalue weighted by molar-refractivity contribution is 6.30. The molecule has 0 atom stereocenters. The van der Waals surface area contributed by atoms with E-state index in [2.05, 4.69) is 115 Å². The summed E-state index contributed by atoms with van der Waals surface area (Å²) in [6.07, 6.45) is 0. The second-order valence-electron chi connectivity index (χ2n) is 10.9. The minimum atomic E-state index is 0.682. The van der Waals surface area contributed by atoms with Gasteiger partial charge in [0.05, 0.1) is 11.6 Å². The lowest BCUT2D eigenvalue weighted by atomic mass is 9.90. The first-order chi connectivity index (χ1) is 20.2. The van der Waals surface area contributed by atoms with Gasteiger partial charge in [0.1, 0.15) is 11.2 Å². The molecule has 0 amide bonds. The molecule has 0 fully saturated rings. The molecule has 0 aliphatic rings. The van der Waals surface area contributed by atoms with Crippen LogP contribution in [0, 0.1) is 11.3 Å². The second kappa shape index (κ2) is 8.18. The molecule has 0 saturated heterocycles. The lowest BCUT2D eigenvalue weighted by molar-refractivity contribution is 0.670. The van der Waals surface area contributed by atoms with Crippen molar-refractivity contribution in [3.05, 3.63) is 133 Å². The molecule has 0 spiro atoms. The molecular formula is C39H21NO. The molecule has 0 aliphatic carbocycles. The molecule has 0 radical (unpaired) electrons. The Balaban J connectivity index is 1.34. The monoisotopic (exact) mass is 519 g/mol. The smallest absolute Gasteiger partial charge is 0.136 e. The zero-order valence-electron chi connectivity index (χ0n) is 22.0. The number of hydrogen-bond acceptors (Lipinski definition) is 2. The van der Waals surface area contributed by atoms with E-state index in [1.807, 2.05) is 18.2 Å². The lowest BCUT2D eigenvalue weighted by Gasteiger charge is -2.13. The highest BCUT2D eigenvalue weighted by Gasteiger charge is 2.16. The summed E-state index contributed by atoms with van der Waals surface area (Å²) in [6, 6.07) is 47.4. The number of fused-ring (bicyclic) bond motifs is 12. The average molecular weight is 520 g/mol. The zero-order chi connectivity index (χ0) is 27.1. The molecular weight excluding hydrogens is 498 g/mol. The molecule has 1 heterocycles. The normalized spacial score (nSPS) is 11.9. The van der Waals surface area contributed by atoms with Crippen LogP contribution in [0.25, 0.3) is 86.9 Å². The predicted molar refractivity (Wildman–Crippen MR) is 171 cm³/mol. The fraction of sp³-hybridized carbons (Fsp3) is 0. The van der Waals surface area contributed by atoms with Crippen LogP contribution in [0.4, 0.5) is 0 Å². The Morgan fingerprint density at radius 3 is 1.90 bits per heavy atom. The van der Waals surface area contributed by atoms with Crippen LogP contribution >= 0.6 is 0 Å². The second-order valence-corrected chi connectivity index (χ2v) is 10.9. The van der Waals surface area contributed by atoms with Crippen LogP contribution in [-0.2, 0) is 0 Å². The number of benzene rings is 8. The van der Waals surface area contributed by atoms with E-state index in [9.17, 15) is 5.26 Å². The van der Waals surface area contributed by atoms with Gasteiger partial charge in [0, 0.05) is 10.8 Å². The largest absolute Gasteiger partial charge is 0.456 e. The van der Waals surface area contributed by atoms with Crippen molar-refractivity contribution in [3.8, 4) is 17.2 Å². The first-order valence-electron chi connectivity index (χ1n) is 13.8. The van der Waals surface area contributed by atoms with Crippen LogP contribution in [0.15, 0.2) is 132 Å². The molecule has 0 bridgehead atoms. The Hall–Kier alpha value is -5.65. The third-order valence-corrected chi connectivity index (χ3v) is 8.62. The minimum Gasteiger partial charge on any atom is -0.456 e. The van der Waals surface area contributed by atoms with E-state index in [0.29, 0.717) is 5.56 Å². The Morgan fingerprint density at radius 2 is 1.05 bits per heavy atom. The maximum Gasteiger partial charge on any atom is 0.136 e. The summed E-state index contributed by atoms with van der Waals surface area (Å²) in [7, 11) is 0. The van der Waals surface area contributed by atoms with Gasteiger partial charge in [-0.05, 0) is 107 Å². The molecule has 2 heteroatoms. The van der Waals surface area contributed by atoms with Crippen molar-refractivity contribution in [3.63, 3.8) is 0 Å². The molecule has 0 aliphatic heterocycles. The molecule has 41 heavy (non-hydrogen) atoms. The molecule has 188 valence electrons. The highest BCUT2D eigenvalue weighted by atomic mass is 16.3. The Kier molecular flexibility index (Phi) is 4.43. The number of rotatable bonds is 1. The topological polar surface area (TPSA) is 36.9 Å². The number of hydrogen-bond donors (Lipinski definition) is 0. The summed E-state index contributed by atoms with van der Waals surface area (Å²) in [5.74, 6) is 0. The SMILES string of the molecule is N#Cc1ccc2cc(-c3ccc4c(c3)c3ccccc3c3cc5c(cc43)oc3ccc4ccccc4c35)ccc2c1. The molecule has 8 aromatic carbocycles.